The number of halogens is 1. The molecule has 0 bridgehead atoms. The summed E-state index contributed by atoms with van der Waals surface area (Å²) in [7, 11) is -4.94. The SMILES string of the molecule is Cc1cccc(C)c1NC(Nc1c(C)cccc1C)=[NH+]c1c(C)cccc1C.[O-][Cl+3]([O-])([O-])[O-]. The summed E-state index contributed by atoms with van der Waals surface area (Å²) in [6.07, 6.45) is 0. The maximum Gasteiger partial charge on any atom is 0.358 e. The molecule has 0 spiro atoms. The third-order valence-corrected chi connectivity index (χ3v) is 5.19. The van der Waals surface area contributed by atoms with Crippen molar-refractivity contribution >= 4 is 23.0 Å². The fraction of sp³-hybridized carbons (Fsp3) is 0.240. The minimum Gasteiger partial charge on any atom is -0.244 e. The topological polar surface area (TPSA) is 130 Å². The lowest BCUT2D eigenvalue weighted by Gasteiger charge is -2.17. The van der Waals surface area contributed by atoms with Crippen LogP contribution in [0, 0.1) is 51.8 Å². The smallest absolute Gasteiger partial charge is 0.244 e. The Hall–Kier alpha value is -2.94. The van der Waals surface area contributed by atoms with Crippen LogP contribution in [0.25, 0.3) is 0 Å². The average Bonchev–Trinajstić information content (AvgIpc) is 2.69. The average molecular weight is 472 g/mol. The Morgan fingerprint density at radius 3 is 1.15 bits per heavy atom. The van der Waals surface area contributed by atoms with Crippen LogP contribution in [0.3, 0.4) is 0 Å². The number of aryl methyl sites for hydroxylation is 6. The summed E-state index contributed by atoms with van der Waals surface area (Å²) in [6.45, 7) is 12.8. The van der Waals surface area contributed by atoms with E-state index in [1.807, 2.05) is 0 Å². The molecule has 3 rings (SSSR count). The van der Waals surface area contributed by atoms with Crippen LogP contribution in [0.1, 0.15) is 33.4 Å². The van der Waals surface area contributed by atoms with Gasteiger partial charge in [-0.05, 0) is 74.9 Å². The summed E-state index contributed by atoms with van der Waals surface area (Å²) in [4.78, 5) is 3.62. The van der Waals surface area contributed by atoms with E-state index in [4.69, 9.17) is 18.6 Å². The number of hydrogen-bond acceptors (Lipinski definition) is 4. The lowest BCUT2D eigenvalue weighted by molar-refractivity contribution is -2.00. The van der Waals surface area contributed by atoms with Gasteiger partial charge >= 0.3 is 5.96 Å². The predicted molar refractivity (Wildman–Crippen MR) is 121 cm³/mol. The first kappa shape index (κ1) is 26.3. The van der Waals surface area contributed by atoms with E-state index in [-0.39, 0.29) is 0 Å². The molecule has 0 aromatic heterocycles. The first-order chi connectivity index (χ1) is 15.4. The van der Waals surface area contributed by atoms with Crippen LogP contribution in [0.5, 0.6) is 0 Å². The van der Waals surface area contributed by atoms with Crippen LogP contribution in [0.4, 0.5) is 17.1 Å². The van der Waals surface area contributed by atoms with Gasteiger partial charge < -0.3 is 0 Å². The van der Waals surface area contributed by atoms with Gasteiger partial charge in [-0.25, -0.2) is 34.3 Å². The molecule has 0 radical (unpaired) electrons. The van der Waals surface area contributed by atoms with Gasteiger partial charge in [-0.2, -0.15) is 0 Å². The Labute approximate surface area is 197 Å². The molecule has 3 aromatic rings. The van der Waals surface area contributed by atoms with Crippen LogP contribution < -0.4 is 34.3 Å². The number of benzene rings is 3. The Morgan fingerprint density at radius 2 is 0.848 bits per heavy atom. The Kier molecular flexibility index (Phi) is 8.99. The van der Waals surface area contributed by atoms with Crippen LogP contribution in [0.15, 0.2) is 54.6 Å². The highest BCUT2D eigenvalue weighted by Crippen LogP contribution is 2.22. The lowest BCUT2D eigenvalue weighted by Crippen LogP contribution is -2.71. The molecule has 0 aliphatic rings. The van der Waals surface area contributed by atoms with Gasteiger partial charge in [0.2, 0.25) is 0 Å². The summed E-state index contributed by atoms with van der Waals surface area (Å²) in [5, 5.41) is 7.23. The zero-order chi connectivity index (χ0) is 24.8. The molecule has 7 nitrogen and oxygen atoms in total. The Morgan fingerprint density at radius 1 is 0.576 bits per heavy atom. The molecule has 0 fully saturated rings. The standard InChI is InChI=1S/C25H29N3.ClHO4/c1-16-10-7-11-17(2)22(16)26-25(27-23-18(3)12-8-13-19(23)4)28-24-20(5)14-9-15-21(24)6;2-1(3,4)5/h7-15H,1-6H3,(H2,26,27,28);(H,2,3,4,5). The van der Waals surface area contributed by atoms with Crippen LogP contribution in [0.2, 0.25) is 0 Å². The zero-order valence-corrected chi connectivity index (χ0v) is 20.5. The zero-order valence-electron chi connectivity index (χ0n) is 19.7. The van der Waals surface area contributed by atoms with Gasteiger partial charge in [-0.15, -0.1) is 10.2 Å². The summed E-state index contributed by atoms with van der Waals surface area (Å²) in [5.74, 6) is 0.854. The van der Waals surface area contributed by atoms with Gasteiger partial charge in [0.15, 0.2) is 0 Å². The molecular weight excluding hydrogens is 442 g/mol. The second-order valence-electron chi connectivity index (χ2n) is 7.93. The summed E-state index contributed by atoms with van der Waals surface area (Å²) >= 11 is 0. The summed E-state index contributed by atoms with van der Waals surface area (Å²) < 4.78 is 34.0. The second kappa shape index (κ2) is 11.3. The van der Waals surface area contributed by atoms with Gasteiger partial charge in [0.1, 0.15) is 17.1 Å². The van der Waals surface area contributed by atoms with E-state index in [1.165, 1.54) is 33.4 Å². The molecule has 0 atom stereocenters. The van der Waals surface area contributed by atoms with Crippen LogP contribution in [-0.2, 0) is 0 Å². The number of anilines is 2. The monoisotopic (exact) mass is 471 g/mol. The van der Waals surface area contributed by atoms with E-state index in [2.05, 4.69) is 112 Å². The fourth-order valence-corrected chi connectivity index (χ4v) is 3.50. The van der Waals surface area contributed by atoms with Crippen molar-refractivity contribution in [2.45, 2.75) is 41.5 Å². The Balaban J connectivity index is 0.000000696. The van der Waals surface area contributed by atoms with Gasteiger partial charge in [0.25, 0.3) is 0 Å². The van der Waals surface area contributed by atoms with Gasteiger partial charge in [-0.1, -0.05) is 54.6 Å². The maximum atomic E-state index is 8.49. The molecule has 0 saturated carbocycles. The van der Waals surface area contributed by atoms with E-state index in [1.54, 1.807) is 0 Å². The van der Waals surface area contributed by atoms with Crippen molar-refractivity contribution in [3.63, 3.8) is 0 Å². The number of rotatable bonds is 3. The quantitative estimate of drug-likeness (QED) is 0.366. The van der Waals surface area contributed by atoms with E-state index in [9.17, 15) is 0 Å². The third kappa shape index (κ3) is 8.16. The lowest BCUT2D eigenvalue weighted by atomic mass is 10.1. The van der Waals surface area contributed by atoms with E-state index in [0.29, 0.717) is 0 Å². The van der Waals surface area contributed by atoms with Crippen molar-refractivity contribution < 1.29 is 33.9 Å². The van der Waals surface area contributed by atoms with Crippen molar-refractivity contribution in [1.82, 2.24) is 0 Å². The highest BCUT2D eigenvalue weighted by atomic mass is 35.7. The normalized spacial score (nSPS) is 10.7. The first-order valence-corrected chi connectivity index (χ1v) is 11.6. The third-order valence-electron chi connectivity index (χ3n) is 5.19. The molecule has 3 N–H and O–H groups in total. The molecule has 0 aliphatic heterocycles. The number of nitrogens with one attached hydrogen (secondary N) is 3. The maximum absolute atomic E-state index is 8.49. The van der Waals surface area contributed by atoms with E-state index >= 15 is 0 Å². The minimum absolute atomic E-state index is 0.854. The molecule has 176 valence electrons. The molecule has 33 heavy (non-hydrogen) atoms. The minimum atomic E-state index is -4.94. The van der Waals surface area contributed by atoms with Crippen molar-refractivity contribution in [3.8, 4) is 0 Å². The van der Waals surface area contributed by atoms with Crippen molar-refractivity contribution in [2.24, 2.45) is 0 Å². The number of hydrogen-bond donors (Lipinski definition) is 3. The highest BCUT2D eigenvalue weighted by molar-refractivity contribution is 6.02. The van der Waals surface area contributed by atoms with Gasteiger partial charge in [0.05, 0.1) is 0 Å². The molecule has 0 unspecified atom stereocenters. The Bertz CT molecular complexity index is 1020. The molecule has 0 heterocycles. The van der Waals surface area contributed by atoms with Crippen molar-refractivity contribution in [1.29, 1.82) is 0 Å². The van der Waals surface area contributed by atoms with Gasteiger partial charge in [0, 0.05) is 0 Å². The van der Waals surface area contributed by atoms with Crippen LogP contribution in [-0.4, -0.2) is 5.96 Å². The first-order valence-electron chi connectivity index (χ1n) is 10.3. The predicted octanol–water partition coefficient (Wildman–Crippen LogP) is 0.0734. The van der Waals surface area contributed by atoms with Crippen LogP contribution >= 0.6 is 0 Å². The number of para-hydroxylation sites is 3. The molecular formula is C25H30ClN3O4. The van der Waals surface area contributed by atoms with Gasteiger partial charge in [-0.3, -0.25) is 0 Å². The summed E-state index contributed by atoms with van der Waals surface area (Å²) in [6, 6.07) is 19.1. The second-order valence-corrected chi connectivity index (χ2v) is 8.68. The van der Waals surface area contributed by atoms with Crippen molar-refractivity contribution in [3.05, 3.63) is 88.0 Å². The molecule has 3 aromatic carbocycles. The number of guanidine groups is 1. The summed E-state index contributed by atoms with van der Waals surface area (Å²) in [5.41, 5.74) is 10.6. The highest BCUT2D eigenvalue weighted by Gasteiger charge is 2.16. The van der Waals surface area contributed by atoms with Crippen molar-refractivity contribution in [2.75, 3.05) is 10.6 Å². The molecule has 0 aliphatic carbocycles. The molecule has 0 saturated heterocycles. The largest absolute Gasteiger partial charge is 0.358 e. The molecule has 0 amide bonds. The van der Waals surface area contributed by atoms with E-state index < -0.39 is 10.2 Å². The van der Waals surface area contributed by atoms with E-state index in [0.717, 1.165) is 23.0 Å². The molecule has 8 heteroatoms. The fourth-order valence-electron chi connectivity index (χ4n) is 3.50.